The third-order valence-electron chi connectivity index (χ3n) is 2.12. The third kappa shape index (κ3) is 4.54. The second-order valence-electron chi connectivity index (χ2n) is 3.29. The molecule has 3 heteroatoms. The quantitative estimate of drug-likeness (QED) is 0.527. The van der Waals surface area contributed by atoms with Gasteiger partial charge in [-0.15, -0.1) is 11.6 Å². The lowest BCUT2D eigenvalue weighted by Gasteiger charge is -2.09. The summed E-state index contributed by atoms with van der Waals surface area (Å²) in [4.78, 5) is 0. The molecular formula is C12H17ClO2. The Bertz CT molecular complexity index is 276. The maximum atomic E-state index is 5.79. The number of halogens is 1. The molecule has 0 atom stereocenters. The van der Waals surface area contributed by atoms with Gasteiger partial charge in [-0.2, -0.15) is 0 Å². The van der Waals surface area contributed by atoms with Gasteiger partial charge in [0.15, 0.2) is 0 Å². The highest BCUT2D eigenvalue weighted by molar-refractivity contribution is 6.17. The summed E-state index contributed by atoms with van der Waals surface area (Å²) in [6.45, 7) is 1.51. The van der Waals surface area contributed by atoms with Gasteiger partial charge in [0.2, 0.25) is 0 Å². The summed E-state index contributed by atoms with van der Waals surface area (Å²) in [7, 11) is 1.71. The van der Waals surface area contributed by atoms with Crippen LogP contribution in [0.25, 0.3) is 0 Å². The van der Waals surface area contributed by atoms with E-state index < -0.39 is 0 Å². The van der Waals surface area contributed by atoms with Gasteiger partial charge in [0, 0.05) is 19.3 Å². The summed E-state index contributed by atoms with van der Waals surface area (Å²) in [5.41, 5.74) is 1.05. The van der Waals surface area contributed by atoms with E-state index in [2.05, 4.69) is 0 Å². The van der Waals surface area contributed by atoms with Crippen LogP contribution < -0.4 is 4.74 Å². The van der Waals surface area contributed by atoms with Crippen molar-refractivity contribution >= 4 is 11.6 Å². The maximum absolute atomic E-state index is 5.79. The molecule has 0 saturated carbocycles. The lowest BCUT2D eigenvalue weighted by Crippen LogP contribution is -2.01. The summed E-state index contributed by atoms with van der Waals surface area (Å²) in [6, 6.07) is 7.86. The molecule has 0 bridgehead atoms. The number of para-hydroxylation sites is 1. The summed E-state index contributed by atoms with van der Waals surface area (Å²) >= 11 is 5.79. The Morgan fingerprint density at radius 1 is 1.13 bits per heavy atom. The van der Waals surface area contributed by atoms with E-state index in [4.69, 9.17) is 21.1 Å². The molecule has 0 amide bonds. The number of ether oxygens (including phenoxy) is 2. The van der Waals surface area contributed by atoms with E-state index >= 15 is 0 Å². The fourth-order valence-corrected chi connectivity index (χ4v) is 1.51. The van der Waals surface area contributed by atoms with E-state index in [0.29, 0.717) is 5.88 Å². The van der Waals surface area contributed by atoms with Gasteiger partial charge in [-0.3, -0.25) is 0 Å². The van der Waals surface area contributed by atoms with Crippen LogP contribution in [0.3, 0.4) is 0 Å². The van der Waals surface area contributed by atoms with Gasteiger partial charge in [-0.25, -0.2) is 0 Å². The van der Waals surface area contributed by atoms with E-state index in [9.17, 15) is 0 Å². The largest absolute Gasteiger partial charge is 0.493 e. The second-order valence-corrected chi connectivity index (χ2v) is 3.56. The first-order valence-electron chi connectivity index (χ1n) is 5.14. The summed E-state index contributed by atoms with van der Waals surface area (Å²) in [6.07, 6.45) is 2.03. The minimum absolute atomic E-state index is 0.494. The molecule has 0 saturated heterocycles. The highest BCUT2D eigenvalue weighted by Gasteiger charge is 2.00. The van der Waals surface area contributed by atoms with Crippen molar-refractivity contribution in [3.63, 3.8) is 0 Å². The SMILES string of the molecule is COCCCCOc1ccccc1CCl. The Morgan fingerprint density at radius 3 is 2.60 bits per heavy atom. The fourth-order valence-electron chi connectivity index (χ4n) is 1.29. The lowest BCUT2D eigenvalue weighted by molar-refractivity contribution is 0.184. The van der Waals surface area contributed by atoms with E-state index in [-0.39, 0.29) is 0 Å². The molecule has 0 radical (unpaired) electrons. The Balaban J connectivity index is 2.30. The van der Waals surface area contributed by atoms with E-state index in [1.54, 1.807) is 7.11 Å². The smallest absolute Gasteiger partial charge is 0.123 e. The monoisotopic (exact) mass is 228 g/mol. The molecule has 0 fully saturated rings. The number of unbranched alkanes of at least 4 members (excludes halogenated alkanes) is 1. The molecule has 15 heavy (non-hydrogen) atoms. The number of rotatable bonds is 7. The minimum Gasteiger partial charge on any atom is -0.493 e. The molecule has 1 rings (SSSR count). The van der Waals surface area contributed by atoms with Crippen molar-refractivity contribution in [3.8, 4) is 5.75 Å². The molecule has 0 unspecified atom stereocenters. The first-order chi connectivity index (χ1) is 7.38. The van der Waals surface area contributed by atoms with Crippen LogP contribution in [0, 0.1) is 0 Å². The summed E-state index contributed by atoms with van der Waals surface area (Å²) in [5, 5.41) is 0. The van der Waals surface area contributed by atoms with Crippen LogP contribution in [0.5, 0.6) is 5.75 Å². The van der Waals surface area contributed by atoms with Crippen molar-refractivity contribution in [2.75, 3.05) is 20.3 Å². The van der Waals surface area contributed by atoms with Crippen LogP contribution in [0.4, 0.5) is 0 Å². The average molecular weight is 229 g/mol. The highest BCUT2D eigenvalue weighted by Crippen LogP contribution is 2.19. The third-order valence-corrected chi connectivity index (χ3v) is 2.40. The van der Waals surface area contributed by atoms with Crippen molar-refractivity contribution in [1.29, 1.82) is 0 Å². The zero-order valence-electron chi connectivity index (χ0n) is 9.04. The van der Waals surface area contributed by atoms with Gasteiger partial charge in [0.25, 0.3) is 0 Å². The zero-order chi connectivity index (χ0) is 10.9. The molecule has 1 aromatic rings. The van der Waals surface area contributed by atoms with E-state index in [1.807, 2.05) is 24.3 Å². The van der Waals surface area contributed by atoms with Crippen molar-refractivity contribution in [2.24, 2.45) is 0 Å². The molecule has 0 heterocycles. The van der Waals surface area contributed by atoms with Crippen LogP contribution in [0.2, 0.25) is 0 Å². The normalized spacial score (nSPS) is 10.3. The topological polar surface area (TPSA) is 18.5 Å². The molecule has 1 aromatic carbocycles. The van der Waals surface area contributed by atoms with Gasteiger partial charge in [-0.05, 0) is 18.9 Å². The summed E-state index contributed by atoms with van der Waals surface area (Å²) < 4.78 is 10.6. The van der Waals surface area contributed by atoms with Crippen molar-refractivity contribution < 1.29 is 9.47 Å². The fraction of sp³-hybridized carbons (Fsp3) is 0.500. The molecular weight excluding hydrogens is 212 g/mol. The van der Waals surface area contributed by atoms with Gasteiger partial charge in [0.05, 0.1) is 12.5 Å². The molecule has 0 spiro atoms. The molecule has 0 aromatic heterocycles. The first-order valence-corrected chi connectivity index (χ1v) is 5.67. The van der Waals surface area contributed by atoms with E-state index in [0.717, 1.165) is 37.4 Å². The summed E-state index contributed by atoms with van der Waals surface area (Å²) in [5.74, 6) is 1.39. The zero-order valence-corrected chi connectivity index (χ0v) is 9.80. The van der Waals surface area contributed by atoms with Gasteiger partial charge >= 0.3 is 0 Å². The number of methoxy groups -OCH3 is 1. The predicted molar refractivity (Wildman–Crippen MR) is 62.6 cm³/mol. The van der Waals surface area contributed by atoms with Crippen LogP contribution in [-0.2, 0) is 10.6 Å². The Hall–Kier alpha value is -0.730. The Labute approximate surface area is 96.2 Å². The molecule has 0 aliphatic heterocycles. The van der Waals surface area contributed by atoms with Crippen LogP contribution in [0.1, 0.15) is 18.4 Å². The predicted octanol–water partition coefficient (Wildman–Crippen LogP) is 3.23. The van der Waals surface area contributed by atoms with E-state index in [1.165, 1.54) is 0 Å². The first kappa shape index (κ1) is 12.3. The van der Waals surface area contributed by atoms with Crippen LogP contribution >= 0.6 is 11.6 Å². The molecule has 0 N–H and O–H groups in total. The molecule has 84 valence electrons. The van der Waals surface area contributed by atoms with Gasteiger partial charge in [-0.1, -0.05) is 18.2 Å². The minimum atomic E-state index is 0.494. The van der Waals surface area contributed by atoms with Gasteiger partial charge < -0.3 is 9.47 Å². The number of alkyl halides is 1. The second kappa shape index (κ2) is 7.55. The van der Waals surface area contributed by atoms with Crippen molar-refractivity contribution in [1.82, 2.24) is 0 Å². The van der Waals surface area contributed by atoms with Gasteiger partial charge in [0.1, 0.15) is 5.75 Å². The van der Waals surface area contributed by atoms with Crippen LogP contribution in [0.15, 0.2) is 24.3 Å². The van der Waals surface area contributed by atoms with Crippen molar-refractivity contribution in [2.45, 2.75) is 18.7 Å². The standard InChI is InChI=1S/C12H17ClO2/c1-14-8-4-5-9-15-12-7-3-2-6-11(12)10-13/h2-3,6-7H,4-5,8-10H2,1H3. The average Bonchev–Trinajstić information content (AvgIpc) is 2.29. The number of hydrogen-bond donors (Lipinski definition) is 0. The lowest BCUT2D eigenvalue weighted by atomic mass is 10.2. The number of hydrogen-bond acceptors (Lipinski definition) is 2. The Morgan fingerprint density at radius 2 is 1.87 bits per heavy atom. The van der Waals surface area contributed by atoms with Crippen LogP contribution in [-0.4, -0.2) is 20.3 Å². The highest BCUT2D eigenvalue weighted by atomic mass is 35.5. The molecule has 2 nitrogen and oxygen atoms in total. The molecule has 0 aliphatic carbocycles. The van der Waals surface area contributed by atoms with Crippen molar-refractivity contribution in [3.05, 3.63) is 29.8 Å². The Kier molecular flexibility index (Phi) is 6.21. The molecule has 0 aliphatic rings. The maximum Gasteiger partial charge on any atom is 0.123 e. The number of benzene rings is 1.